The molecule has 3 aliphatic rings. The van der Waals surface area contributed by atoms with Crippen LogP contribution in [-0.4, -0.2) is 0 Å². The maximum absolute atomic E-state index is 3.74. The van der Waals surface area contributed by atoms with Crippen molar-refractivity contribution in [1.82, 2.24) is 0 Å². The molecule has 0 fully saturated rings. The molecular formula is C27H20Br2ClN. The summed E-state index contributed by atoms with van der Waals surface area (Å²) in [5, 5.41) is 0. The lowest BCUT2D eigenvalue weighted by Gasteiger charge is -2.50. The van der Waals surface area contributed by atoms with E-state index in [1.54, 1.807) is 0 Å². The molecule has 4 heteroatoms. The third-order valence-corrected chi connectivity index (χ3v) is 7.89. The second kappa shape index (κ2) is 7.88. The Balaban J connectivity index is 0.00000204. The number of aromatic nitrogens is 1. The Kier molecular flexibility index (Phi) is 5.32. The van der Waals surface area contributed by atoms with E-state index in [0.717, 1.165) is 15.4 Å². The Bertz CT molecular complexity index is 1190. The molecule has 0 amide bonds. The van der Waals surface area contributed by atoms with E-state index in [1.165, 1.54) is 27.9 Å². The van der Waals surface area contributed by atoms with E-state index in [-0.39, 0.29) is 23.7 Å². The van der Waals surface area contributed by atoms with Crippen LogP contribution in [0.25, 0.3) is 0 Å². The molecule has 0 saturated heterocycles. The molecule has 0 radical (unpaired) electrons. The minimum atomic E-state index is -0.131. The van der Waals surface area contributed by atoms with Crippen LogP contribution in [0.1, 0.15) is 46.3 Å². The average Bonchev–Trinajstić information content (AvgIpc) is 2.79. The summed E-state index contributed by atoms with van der Waals surface area (Å²) in [7, 11) is 0. The van der Waals surface area contributed by atoms with Crippen LogP contribution >= 0.6 is 31.9 Å². The molecule has 2 bridgehead atoms. The third kappa shape index (κ3) is 3.05. The lowest BCUT2D eigenvalue weighted by atomic mass is 9.53. The van der Waals surface area contributed by atoms with Gasteiger partial charge in [-0.25, -0.2) is 0 Å². The molecule has 1 nitrogen and oxygen atoms in total. The smallest absolute Gasteiger partial charge is 0.190 e. The highest BCUT2D eigenvalue weighted by atomic mass is 79.9. The normalized spacial score (nSPS) is 19.8. The van der Waals surface area contributed by atoms with Gasteiger partial charge in [0.1, 0.15) is 0 Å². The van der Waals surface area contributed by atoms with E-state index in [9.17, 15) is 0 Å². The summed E-state index contributed by atoms with van der Waals surface area (Å²) >= 11 is 7.48. The summed E-state index contributed by atoms with van der Waals surface area (Å²) in [5.41, 5.74) is 6.93. The Morgan fingerprint density at radius 1 is 0.710 bits per heavy atom. The van der Waals surface area contributed by atoms with Crippen LogP contribution in [0.2, 0.25) is 0 Å². The van der Waals surface area contributed by atoms with Gasteiger partial charge in [0.05, 0.1) is 5.92 Å². The molecule has 0 N–H and O–H groups in total. The number of halogens is 3. The Morgan fingerprint density at radius 3 is 1.97 bits per heavy atom. The molecule has 31 heavy (non-hydrogen) atoms. The van der Waals surface area contributed by atoms with Crippen molar-refractivity contribution >= 4 is 31.9 Å². The lowest BCUT2D eigenvalue weighted by Crippen LogP contribution is -3.00. The van der Waals surface area contributed by atoms with Gasteiger partial charge in [-0.3, -0.25) is 0 Å². The molecule has 7 rings (SSSR count). The van der Waals surface area contributed by atoms with Crippen LogP contribution in [0.15, 0.2) is 106 Å². The Labute approximate surface area is 205 Å². The zero-order chi connectivity index (χ0) is 20.3. The van der Waals surface area contributed by atoms with Crippen LogP contribution in [0.4, 0.5) is 0 Å². The fourth-order valence-electron chi connectivity index (χ4n) is 5.80. The van der Waals surface area contributed by atoms with Crippen LogP contribution in [0.5, 0.6) is 0 Å². The van der Waals surface area contributed by atoms with Crippen LogP contribution in [0, 0.1) is 0 Å². The second-order valence-electron chi connectivity index (χ2n) is 8.31. The number of nitrogens with zero attached hydrogens (tertiary/aromatic N) is 1. The van der Waals surface area contributed by atoms with E-state index >= 15 is 0 Å². The first-order valence-corrected chi connectivity index (χ1v) is 11.9. The van der Waals surface area contributed by atoms with Gasteiger partial charge in [0.25, 0.3) is 0 Å². The van der Waals surface area contributed by atoms with E-state index < -0.39 is 0 Å². The highest BCUT2D eigenvalue weighted by molar-refractivity contribution is 9.10. The number of benzene rings is 3. The number of pyridine rings is 1. The van der Waals surface area contributed by atoms with E-state index in [4.69, 9.17) is 0 Å². The van der Waals surface area contributed by atoms with Gasteiger partial charge < -0.3 is 12.4 Å². The topological polar surface area (TPSA) is 3.88 Å². The van der Waals surface area contributed by atoms with Gasteiger partial charge in [-0.15, -0.1) is 0 Å². The van der Waals surface area contributed by atoms with Crippen LogP contribution in [-0.2, 0) is 5.41 Å². The van der Waals surface area contributed by atoms with Crippen molar-refractivity contribution in [2.24, 2.45) is 0 Å². The molecule has 2 aliphatic heterocycles. The third-order valence-electron chi connectivity index (χ3n) is 6.91. The van der Waals surface area contributed by atoms with E-state index in [0.29, 0.717) is 6.04 Å². The van der Waals surface area contributed by atoms with Crippen molar-refractivity contribution in [3.8, 4) is 0 Å². The fraction of sp³-hybridized carbons (Fsp3) is 0.148. The van der Waals surface area contributed by atoms with Crippen molar-refractivity contribution in [2.45, 2.75) is 23.8 Å². The van der Waals surface area contributed by atoms with Crippen molar-refractivity contribution in [2.75, 3.05) is 0 Å². The average molecular weight is 554 g/mol. The predicted molar refractivity (Wildman–Crippen MR) is 127 cm³/mol. The summed E-state index contributed by atoms with van der Waals surface area (Å²) in [6, 6.07) is 33.9. The molecular weight excluding hydrogens is 534 g/mol. The molecule has 0 spiro atoms. The predicted octanol–water partition coefficient (Wildman–Crippen LogP) is 3.93. The fourth-order valence-corrected chi connectivity index (χ4v) is 6.60. The van der Waals surface area contributed by atoms with E-state index in [2.05, 4.69) is 134 Å². The van der Waals surface area contributed by atoms with Crippen molar-refractivity contribution in [3.63, 3.8) is 0 Å². The molecule has 3 aromatic carbocycles. The SMILES string of the molecule is Brc1cccc(C2(c3cccc(Br)c3)C[C@@H]3c4ccccc4[C@H]2c2cccc[n+]23)c1.[Cl-]. The molecule has 1 aliphatic carbocycles. The summed E-state index contributed by atoms with van der Waals surface area (Å²) in [4.78, 5) is 0. The van der Waals surface area contributed by atoms with Gasteiger partial charge >= 0.3 is 0 Å². The van der Waals surface area contributed by atoms with Gasteiger partial charge in [-0.05, 0) is 41.0 Å². The van der Waals surface area contributed by atoms with Crippen molar-refractivity contribution in [3.05, 3.63) is 134 Å². The first-order chi connectivity index (χ1) is 14.7. The number of hydrogen-bond acceptors (Lipinski definition) is 0. The van der Waals surface area contributed by atoms with Crippen molar-refractivity contribution < 1.29 is 17.0 Å². The standard InChI is InChI=1S/C27H20Br2N.ClH/c28-20-9-5-7-18(15-20)27(19-8-6-10-21(29)16-19)17-25-22-11-1-2-12-23(22)26(27)24-13-3-4-14-30(24)25;/h1-16,25-26H,17H2;1H/q+1;/p-1/t25-,26+;/m1./s1. The first-order valence-electron chi connectivity index (χ1n) is 10.3. The quantitative estimate of drug-likeness (QED) is 0.332. The minimum absolute atomic E-state index is 0. The van der Waals surface area contributed by atoms with Crippen LogP contribution < -0.4 is 17.0 Å². The Morgan fingerprint density at radius 2 is 1.32 bits per heavy atom. The van der Waals surface area contributed by atoms with Gasteiger partial charge in [-0.2, -0.15) is 4.57 Å². The maximum Gasteiger partial charge on any atom is 0.190 e. The van der Waals surface area contributed by atoms with E-state index in [1.807, 2.05) is 0 Å². The summed E-state index contributed by atoms with van der Waals surface area (Å²) in [6.07, 6.45) is 3.30. The lowest BCUT2D eigenvalue weighted by molar-refractivity contribution is -0.732. The summed E-state index contributed by atoms with van der Waals surface area (Å²) < 4.78 is 4.76. The monoisotopic (exact) mass is 551 g/mol. The molecule has 0 unspecified atom stereocenters. The molecule has 2 atom stereocenters. The number of rotatable bonds is 2. The molecule has 0 saturated carbocycles. The van der Waals surface area contributed by atoms with Gasteiger partial charge in [-0.1, -0.05) is 86.5 Å². The van der Waals surface area contributed by atoms with Crippen molar-refractivity contribution in [1.29, 1.82) is 0 Å². The number of fused-ring (bicyclic) bond motifs is 1. The molecule has 3 heterocycles. The zero-order valence-corrected chi connectivity index (χ0v) is 20.6. The number of hydrogen-bond donors (Lipinski definition) is 0. The maximum atomic E-state index is 3.74. The molecule has 4 aromatic rings. The molecule has 1 aromatic heterocycles. The highest BCUT2D eigenvalue weighted by Gasteiger charge is 2.59. The second-order valence-corrected chi connectivity index (χ2v) is 10.1. The van der Waals surface area contributed by atoms with Gasteiger partial charge in [0.15, 0.2) is 17.9 Å². The Hall–Kier alpha value is -1.94. The zero-order valence-electron chi connectivity index (χ0n) is 16.7. The van der Waals surface area contributed by atoms with Crippen LogP contribution in [0.3, 0.4) is 0 Å². The largest absolute Gasteiger partial charge is 1.00 e. The van der Waals surface area contributed by atoms with Gasteiger partial charge in [0.2, 0.25) is 0 Å². The van der Waals surface area contributed by atoms with Gasteiger partial charge in [0, 0.05) is 38.5 Å². The summed E-state index contributed by atoms with van der Waals surface area (Å²) in [6.45, 7) is 0. The first kappa shape index (κ1) is 20.9. The highest BCUT2D eigenvalue weighted by Crippen LogP contribution is 2.59. The summed E-state index contributed by atoms with van der Waals surface area (Å²) in [5.74, 6) is 0.253. The molecule has 154 valence electrons. The minimum Gasteiger partial charge on any atom is -1.00 e.